The van der Waals surface area contributed by atoms with Crippen molar-refractivity contribution in [1.29, 1.82) is 0 Å². The van der Waals surface area contributed by atoms with Gasteiger partial charge in [0, 0.05) is 51.0 Å². The molecule has 1 aliphatic heterocycles. The van der Waals surface area contributed by atoms with Crippen LogP contribution in [0.4, 0.5) is 11.4 Å². The van der Waals surface area contributed by atoms with E-state index in [4.69, 9.17) is 0 Å². The molecule has 86 valence electrons. The monoisotopic (exact) mass is 218 g/mol. The van der Waals surface area contributed by atoms with Crippen molar-refractivity contribution in [2.75, 3.05) is 37.5 Å². The largest absolute Gasteiger partial charge is 0.378 e. The van der Waals surface area contributed by atoms with Gasteiger partial charge in [0.05, 0.1) is 0 Å². The van der Waals surface area contributed by atoms with Gasteiger partial charge in [-0.1, -0.05) is 0 Å². The summed E-state index contributed by atoms with van der Waals surface area (Å²) in [4.78, 5) is 16.2. The van der Waals surface area contributed by atoms with Crippen LogP contribution >= 0.6 is 0 Å². The van der Waals surface area contributed by atoms with E-state index < -0.39 is 0 Å². The third kappa shape index (κ3) is 1.90. The summed E-state index contributed by atoms with van der Waals surface area (Å²) in [6.07, 6.45) is 1.61. The lowest BCUT2D eigenvalue weighted by molar-refractivity contribution is 0.0984. The number of benzene rings is 1. The predicted molar refractivity (Wildman–Crippen MR) is 67.6 cm³/mol. The Morgan fingerprint density at radius 3 is 2.75 bits per heavy atom. The average molecular weight is 218 g/mol. The second-order valence-electron chi connectivity index (χ2n) is 4.54. The van der Waals surface area contributed by atoms with E-state index in [2.05, 4.69) is 11.0 Å². The minimum Gasteiger partial charge on any atom is -0.378 e. The zero-order valence-corrected chi connectivity index (χ0v) is 10.2. The number of carbonyl (C=O) groups excluding carboxylic acids is 1. The molecule has 0 fully saturated rings. The molecule has 3 nitrogen and oxygen atoms in total. The maximum atomic E-state index is 12.0. The Bertz CT molecular complexity index is 412. The first-order valence-electron chi connectivity index (χ1n) is 5.65. The van der Waals surface area contributed by atoms with E-state index in [0.717, 1.165) is 29.9 Å². The SMILES string of the molecule is CN(C)c1ccc2c(c1)C(=O)CCCN2C. The number of Topliss-reactive ketones (excluding diaryl/α,β-unsaturated/α-hetero) is 1. The van der Waals surface area contributed by atoms with Gasteiger partial charge in [0.1, 0.15) is 0 Å². The van der Waals surface area contributed by atoms with Crippen LogP contribution in [0.1, 0.15) is 23.2 Å². The van der Waals surface area contributed by atoms with E-state index in [1.54, 1.807) is 0 Å². The molecule has 1 heterocycles. The number of fused-ring (bicyclic) bond motifs is 1. The summed E-state index contributed by atoms with van der Waals surface area (Å²) in [6, 6.07) is 6.11. The van der Waals surface area contributed by atoms with Crippen molar-refractivity contribution in [3.63, 3.8) is 0 Å². The van der Waals surface area contributed by atoms with E-state index in [1.807, 2.05) is 38.2 Å². The van der Waals surface area contributed by atoms with Crippen LogP contribution in [0.5, 0.6) is 0 Å². The van der Waals surface area contributed by atoms with E-state index in [-0.39, 0.29) is 5.78 Å². The molecule has 0 atom stereocenters. The molecule has 1 aromatic carbocycles. The standard InChI is InChI=1S/C13H18N2O/c1-14(2)10-6-7-12-11(9-10)13(16)5-4-8-15(12)3/h6-7,9H,4-5,8H2,1-3H3. The normalized spacial score (nSPS) is 15.7. The highest BCUT2D eigenvalue weighted by Gasteiger charge is 2.19. The summed E-state index contributed by atoms with van der Waals surface area (Å²) < 4.78 is 0. The first-order valence-corrected chi connectivity index (χ1v) is 5.65. The molecule has 0 amide bonds. The molecule has 0 N–H and O–H groups in total. The molecule has 0 saturated heterocycles. The Balaban J connectivity index is 2.50. The van der Waals surface area contributed by atoms with Gasteiger partial charge < -0.3 is 9.80 Å². The lowest BCUT2D eigenvalue weighted by Crippen LogP contribution is -2.18. The van der Waals surface area contributed by atoms with E-state index in [1.165, 1.54) is 0 Å². The second-order valence-corrected chi connectivity index (χ2v) is 4.54. The Kier molecular flexibility index (Phi) is 2.86. The number of ketones is 1. The van der Waals surface area contributed by atoms with Crippen LogP contribution in [0.15, 0.2) is 18.2 Å². The van der Waals surface area contributed by atoms with Crippen LogP contribution in [0.3, 0.4) is 0 Å². The maximum absolute atomic E-state index is 12.0. The van der Waals surface area contributed by atoms with Crippen molar-refractivity contribution >= 4 is 17.2 Å². The van der Waals surface area contributed by atoms with Crippen LogP contribution in [-0.2, 0) is 0 Å². The molecule has 16 heavy (non-hydrogen) atoms. The lowest BCUT2D eigenvalue weighted by Gasteiger charge is -2.21. The summed E-state index contributed by atoms with van der Waals surface area (Å²) in [5.74, 6) is 0.267. The summed E-state index contributed by atoms with van der Waals surface area (Å²) in [5.41, 5.74) is 3.02. The summed E-state index contributed by atoms with van der Waals surface area (Å²) >= 11 is 0. The van der Waals surface area contributed by atoms with E-state index >= 15 is 0 Å². The molecule has 1 aliphatic rings. The Morgan fingerprint density at radius 1 is 1.31 bits per heavy atom. The minimum atomic E-state index is 0.267. The quantitative estimate of drug-likeness (QED) is 0.721. The smallest absolute Gasteiger partial charge is 0.165 e. The molecule has 0 saturated carbocycles. The lowest BCUT2D eigenvalue weighted by atomic mass is 10.1. The summed E-state index contributed by atoms with van der Waals surface area (Å²) in [7, 11) is 6.03. The highest BCUT2D eigenvalue weighted by molar-refractivity contribution is 6.02. The Labute approximate surface area is 96.7 Å². The van der Waals surface area contributed by atoms with Crippen molar-refractivity contribution in [2.24, 2.45) is 0 Å². The van der Waals surface area contributed by atoms with Crippen LogP contribution in [0.25, 0.3) is 0 Å². The fourth-order valence-corrected chi connectivity index (χ4v) is 2.09. The van der Waals surface area contributed by atoms with Gasteiger partial charge in [0.15, 0.2) is 5.78 Å². The molecule has 0 radical (unpaired) electrons. The highest BCUT2D eigenvalue weighted by atomic mass is 16.1. The van der Waals surface area contributed by atoms with Crippen molar-refractivity contribution < 1.29 is 4.79 Å². The van der Waals surface area contributed by atoms with Crippen molar-refractivity contribution in [3.8, 4) is 0 Å². The van der Waals surface area contributed by atoms with Crippen LogP contribution < -0.4 is 9.80 Å². The van der Waals surface area contributed by atoms with Gasteiger partial charge in [-0.15, -0.1) is 0 Å². The molecule has 3 heteroatoms. The molecule has 0 bridgehead atoms. The van der Waals surface area contributed by atoms with E-state index in [9.17, 15) is 4.79 Å². The molecule has 0 unspecified atom stereocenters. The van der Waals surface area contributed by atoms with Gasteiger partial charge in [0.2, 0.25) is 0 Å². The number of carbonyl (C=O) groups is 1. The van der Waals surface area contributed by atoms with Crippen LogP contribution in [-0.4, -0.2) is 33.5 Å². The number of rotatable bonds is 1. The van der Waals surface area contributed by atoms with Gasteiger partial charge in [0.25, 0.3) is 0 Å². The third-order valence-corrected chi connectivity index (χ3v) is 3.11. The van der Waals surface area contributed by atoms with Gasteiger partial charge in [-0.3, -0.25) is 4.79 Å². The zero-order valence-electron chi connectivity index (χ0n) is 10.2. The Morgan fingerprint density at radius 2 is 2.06 bits per heavy atom. The minimum absolute atomic E-state index is 0.267. The molecular weight excluding hydrogens is 200 g/mol. The van der Waals surface area contributed by atoms with Crippen LogP contribution in [0, 0.1) is 0 Å². The third-order valence-electron chi connectivity index (χ3n) is 3.11. The molecule has 0 spiro atoms. The summed E-state index contributed by atoms with van der Waals surface area (Å²) in [6.45, 7) is 0.958. The Hall–Kier alpha value is -1.51. The van der Waals surface area contributed by atoms with Gasteiger partial charge in [-0.05, 0) is 24.6 Å². The second kappa shape index (κ2) is 4.16. The first-order chi connectivity index (χ1) is 7.59. The predicted octanol–water partition coefficient (Wildman–Crippen LogP) is 2.17. The molecule has 2 rings (SSSR count). The molecule has 0 aromatic heterocycles. The zero-order chi connectivity index (χ0) is 11.7. The van der Waals surface area contributed by atoms with Gasteiger partial charge in [-0.25, -0.2) is 0 Å². The fourth-order valence-electron chi connectivity index (χ4n) is 2.09. The van der Waals surface area contributed by atoms with Crippen molar-refractivity contribution in [3.05, 3.63) is 23.8 Å². The average Bonchev–Trinajstić information content (AvgIpc) is 2.40. The number of hydrogen-bond donors (Lipinski definition) is 0. The van der Waals surface area contributed by atoms with Crippen molar-refractivity contribution in [1.82, 2.24) is 0 Å². The topological polar surface area (TPSA) is 23.6 Å². The number of anilines is 2. The molecular formula is C13H18N2O. The maximum Gasteiger partial charge on any atom is 0.165 e. The number of nitrogens with zero attached hydrogens (tertiary/aromatic N) is 2. The van der Waals surface area contributed by atoms with Gasteiger partial charge in [-0.2, -0.15) is 0 Å². The van der Waals surface area contributed by atoms with Crippen LogP contribution in [0.2, 0.25) is 0 Å². The van der Waals surface area contributed by atoms with Crippen molar-refractivity contribution in [2.45, 2.75) is 12.8 Å². The molecule has 1 aromatic rings. The summed E-state index contributed by atoms with van der Waals surface area (Å²) in [5, 5.41) is 0. The highest BCUT2D eigenvalue weighted by Crippen LogP contribution is 2.28. The van der Waals surface area contributed by atoms with E-state index in [0.29, 0.717) is 6.42 Å². The number of hydrogen-bond acceptors (Lipinski definition) is 3. The first kappa shape index (κ1) is 11.0. The van der Waals surface area contributed by atoms with Gasteiger partial charge >= 0.3 is 0 Å². The fraction of sp³-hybridized carbons (Fsp3) is 0.462. The molecule has 0 aliphatic carbocycles.